The van der Waals surface area contributed by atoms with Gasteiger partial charge >= 0.3 is 5.97 Å². The molecule has 1 aromatic carbocycles. The third kappa shape index (κ3) is 4.04. The van der Waals surface area contributed by atoms with E-state index in [9.17, 15) is 13.2 Å². The number of sulfonamides is 1. The van der Waals surface area contributed by atoms with Crippen molar-refractivity contribution in [3.05, 3.63) is 29.3 Å². The van der Waals surface area contributed by atoms with E-state index in [0.717, 1.165) is 6.54 Å². The smallest absolute Gasteiger partial charge is 0.337 e. The number of carbonyl (C=O) groups is 1. The Labute approximate surface area is 130 Å². The molecule has 8 heteroatoms. The highest BCUT2D eigenvalue weighted by Gasteiger charge is 2.22. The van der Waals surface area contributed by atoms with E-state index in [1.165, 1.54) is 19.2 Å². The van der Waals surface area contributed by atoms with Gasteiger partial charge in [0.2, 0.25) is 10.0 Å². The third-order valence-electron chi connectivity index (χ3n) is 3.40. The number of methoxy groups -OCH3 is 1. The molecule has 1 fully saturated rings. The SMILES string of the molecule is COC(=O)c1ccc(C)c(S(=O)(=O)NCC2CNCCO2)c1. The van der Waals surface area contributed by atoms with E-state index in [2.05, 4.69) is 14.8 Å². The Hall–Kier alpha value is -1.48. The van der Waals surface area contributed by atoms with Crippen LogP contribution >= 0.6 is 0 Å². The van der Waals surface area contributed by atoms with Gasteiger partial charge in [-0.15, -0.1) is 0 Å². The molecule has 2 rings (SSSR count). The molecule has 0 saturated carbocycles. The van der Waals surface area contributed by atoms with Crippen molar-refractivity contribution in [2.24, 2.45) is 0 Å². The van der Waals surface area contributed by atoms with E-state index in [0.29, 0.717) is 18.7 Å². The standard InChI is InChI=1S/C14H20N2O5S/c1-10-3-4-11(14(17)20-2)7-13(10)22(18,19)16-9-12-8-15-5-6-21-12/h3-4,7,12,15-16H,5-6,8-9H2,1-2H3. The summed E-state index contributed by atoms with van der Waals surface area (Å²) in [5.74, 6) is -0.573. The van der Waals surface area contributed by atoms with Crippen molar-refractivity contribution in [2.45, 2.75) is 17.9 Å². The average molecular weight is 328 g/mol. The van der Waals surface area contributed by atoms with E-state index in [-0.39, 0.29) is 23.1 Å². The number of rotatable bonds is 5. The van der Waals surface area contributed by atoms with Crippen LogP contribution in [0.4, 0.5) is 0 Å². The molecule has 1 saturated heterocycles. The summed E-state index contributed by atoms with van der Waals surface area (Å²) < 4.78 is 37.4. The van der Waals surface area contributed by atoms with Crippen molar-refractivity contribution in [1.29, 1.82) is 0 Å². The molecule has 1 aliphatic heterocycles. The van der Waals surface area contributed by atoms with Crippen LogP contribution < -0.4 is 10.0 Å². The number of benzene rings is 1. The fourth-order valence-corrected chi connectivity index (χ4v) is 3.50. The lowest BCUT2D eigenvalue weighted by Gasteiger charge is -2.23. The maximum Gasteiger partial charge on any atom is 0.337 e. The van der Waals surface area contributed by atoms with Crippen LogP contribution in [0.25, 0.3) is 0 Å². The second-order valence-electron chi connectivity index (χ2n) is 5.02. The maximum absolute atomic E-state index is 12.4. The molecule has 1 heterocycles. The summed E-state index contributed by atoms with van der Waals surface area (Å²) >= 11 is 0. The number of esters is 1. The first-order chi connectivity index (χ1) is 10.4. The third-order valence-corrected chi connectivity index (χ3v) is 4.97. The largest absolute Gasteiger partial charge is 0.465 e. The zero-order valence-electron chi connectivity index (χ0n) is 12.6. The minimum Gasteiger partial charge on any atom is -0.465 e. The normalized spacial score (nSPS) is 18.9. The summed E-state index contributed by atoms with van der Waals surface area (Å²) in [6, 6.07) is 4.44. The Morgan fingerprint density at radius 3 is 2.91 bits per heavy atom. The number of carbonyl (C=O) groups excluding carboxylic acids is 1. The lowest BCUT2D eigenvalue weighted by Crippen LogP contribution is -2.45. The molecule has 22 heavy (non-hydrogen) atoms. The predicted octanol–water partition coefficient (Wildman–Crippen LogP) is 0.0483. The first-order valence-corrected chi connectivity index (χ1v) is 8.43. The first kappa shape index (κ1) is 16.9. The molecule has 0 spiro atoms. The number of hydrogen-bond acceptors (Lipinski definition) is 6. The molecule has 0 aromatic heterocycles. The van der Waals surface area contributed by atoms with Crippen LogP contribution in [0.5, 0.6) is 0 Å². The number of nitrogens with one attached hydrogen (secondary N) is 2. The van der Waals surface area contributed by atoms with Crippen LogP contribution in [0.2, 0.25) is 0 Å². The Kier molecular flexibility index (Phi) is 5.52. The molecule has 0 amide bonds. The summed E-state index contributed by atoms with van der Waals surface area (Å²) in [6.45, 7) is 3.78. The van der Waals surface area contributed by atoms with Crippen LogP contribution in [-0.2, 0) is 19.5 Å². The molecule has 1 unspecified atom stereocenters. The molecule has 7 nitrogen and oxygen atoms in total. The van der Waals surface area contributed by atoms with E-state index in [1.54, 1.807) is 13.0 Å². The average Bonchev–Trinajstić information content (AvgIpc) is 2.53. The molecule has 122 valence electrons. The quantitative estimate of drug-likeness (QED) is 0.742. The van der Waals surface area contributed by atoms with Gasteiger partial charge in [-0.2, -0.15) is 0 Å². The van der Waals surface area contributed by atoms with Gasteiger partial charge in [-0.25, -0.2) is 17.9 Å². The number of morpholine rings is 1. The lowest BCUT2D eigenvalue weighted by atomic mass is 10.1. The zero-order valence-corrected chi connectivity index (χ0v) is 13.4. The fraction of sp³-hybridized carbons (Fsp3) is 0.500. The van der Waals surface area contributed by atoms with Gasteiger partial charge in [0.05, 0.1) is 30.3 Å². The van der Waals surface area contributed by atoms with Gasteiger partial charge in [0.1, 0.15) is 0 Å². The van der Waals surface area contributed by atoms with E-state index in [4.69, 9.17) is 4.74 Å². The minimum atomic E-state index is -3.72. The van der Waals surface area contributed by atoms with Crippen LogP contribution in [0, 0.1) is 6.92 Å². The molecule has 1 atom stereocenters. The molecule has 0 aliphatic carbocycles. The van der Waals surface area contributed by atoms with Crippen LogP contribution in [0.15, 0.2) is 23.1 Å². The van der Waals surface area contributed by atoms with Gasteiger partial charge in [0.25, 0.3) is 0 Å². The summed E-state index contributed by atoms with van der Waals surface area (Å²) in [5, 5.41) is 3.13. The van der Waals surface area contributed by atoms with Gasteiger partial charge in [-0.3, -0.25) is 0 Å². The van der Waals surface area contributed by atoms with Gasteiger partial charge in [0, 0.05) is 19.6 Å². The van der Waals surface area contributed by atoms with Crippen LogP contribution in [0.3, 0.4) is 0 Å². The van der Waals surface area contributed by atoms with Gasteiger partial charge in [-0.1, -0.05) is 6.07 Å². The van der Waals surface area contributed by atoms with E-state index in [1.807, 2.05) is 0 Å². The highest BCUT2D eigenvalue weighted by molar-refractivity contribution is 7.89. The monoisotopic (exact) mass is 328 g/mol. The Morgan fingerprint density at radius 2 is 2.27 bits per heavy atom. The molecular formula is C14H20N2O5S. The Balaban J connectivity index is 2.15. The summed E-state index contributed by atoms with van der Waals surface area (Å²) in [7, 11) is -2.47. The predicted molar refractivity (Wildman–Crippen MR) is 80.3 cm³/mol. The van der Waals surface area contributed by atoms with Crippen LogP contribution in [-0.4, -0.2) is 53.8 Å². The molecule has 1 aromatic rings. The van der Waals surface area contributed by atoms with Crippen molar-refractivity contribution >= 4 is 16.0 Å². The summed E-state index contributed by atoms with van der Waals surface area (Å²) in [4.78, 5) is 11.6. The molecule has 0 bridgehead atoms. The van der Waals surface area contributed by atoms with Crippen molar-refractivity contribution in [3.63, 3.8) is 0 Å². The molecule has 1 aliphatic rings. The molecular weight excluding hydrogens is 308 g/mol. The highest BCUT2D eigenvalue weighted by Crippen LogP contribution is 2.17. The summed E-state index contributed by atoms with van der Waals surface area (Å²) in [5.41, 5.74) is 0.756. The van der Waals surface area contributed by atoms with Crippen molar-refractivity contribution < 1.29 is 22.7 Å². The van der Waals surface area contributed by atoms with E-state index < -0.39 is 16.0 Å². The molecule has 0 radical (unpaired) electrons. The molecule has 2 N–H and O–H groups in total. The highest BCUT2D eigenvalue weighted by atomic mass is 32.2. The van der Waals surface area contributed by atoms with Gasteiger partial charge in [0.15, 0.2) is 0 Å². The minimum absolute atomic E-state index is 0.0687. The lowest BCUT2D eigenvalue weighted by molar-refractivity contribution is 0.0324. The second kappa shape index (κ2) is 7.19. The fourth-order valence-electron chi connectivity index (χ4n) is 2.17. The van der Waals surface area contributed by atoms with Crippen LogP contribution in [0.1, 0.15) is 15.9 Å². The second-order valence-corrected chi connectivity index (χ2v) is 6.76. The Morgan fingerprint density at radius 1 is 1.50 bits per heavy atom. The topological polar surface area (TPSA) is 93.7 Å². The number of hydrogen-bond donors (Lipinski definition) is 2. The number of ether oxygens (including phenoxy) is 2. The van der Waals surface area contributed by atoms with Crippen molar-refractivity contribution in [2.75, 3.05) is 33.4 Å². The van der Waals surface area contributed by atoms with Crippen molar-refractivity contribution in [3.8, 4) is 0 Å². The zero-order chi connectivity index (χ0) is 16.2. The van der Waals surface area contributed by atoms with E-state index >= 15 is 0 Å². The maximum atomic E-state index is 12.4. The van der Waals surface area contributed by atoms with Crippen molar-refractivity contribution in [1.82, 2.24) is 10.0 Å². The first-order valence-electron chi connectivity index (χ1n) is 6.95. The summed E-state index contributed by atoms with van der Waals surface area (Å²) in [6.07, 6.45) is -0.201. The number of aryl methyl sites for hydroxylation is 1. The van der Waals surface area contributed by atoms with Gasteiger partial charge < -0.3 is 14.8 Å². The van der Waals surface area contributed by atoms with Gasteiger partial charge in [-0.05, 0) is 24.6 Å². The Bertz CT molecular complexity index is 639.